The number of likely N-dealkylation sites (tertiary alicyclic amines) is 1. The maximum atomic E-state index is 13.2. The molecular formula is C33H40N2O4. The first kappa shape index (κ1) is 27.4. The third kappa shape index (κ3) is 4.96. The number of hydrogen-bond acceptors (Lipinski definition) is 5. The van der Waals surface area contributed by atoms with Crippen molar-refractivity contribution in [1.29, 1.82) is 0 Å². The van der Waals surface area contributed by atoms with Crippen molar-refractivity contribution in [2.24, 2.45) is 5.92 Å². The standard InChI is InChI=1S/C33H40N2O4/c1-22-10-13-28(39-4)17-29(22)32-14-15-35(20-25-11-12-25)24(3)33(32,38)18-27(30(19-32)34-21-36)16-23(2)31(37)26-8-6-5-7-9-26/h5-10,13,16-17,21,24-25,38H,11-12,14-15,18-20H2,1-4H3,(H,34,36)/b23-16+/t24?,32-,33?/m0/s1. The lowest BCUT2D eigenvalue weighted by Crippen LogP contribution is -2.69. The van der Waals surface area contributed by atoms with E-state index >= 15 is 0 Å². The molecule has 0 radical (unpaired) electrons. The second kappa shape index (κ2) is 10.7. The zero-order valence-corrected chi connectivity index (χ0v) is 23.5. The molecule has 2 unspecified atom stereocenters. The number of rotatable bonds is 9. The number of Topliss-reactive ketones (excluding diaryl/α,β-unsaturated/α-hetero) is 1. The molecule has 1 saturated heterocycles. The van der Waals surface area contributed by atoms with Crippen LogP contribution in [0.3, 0.4) is 0 Å². The molecule has 1 aliphatic heterocycles. The van der Waals surface area contributed by atoms with Crippen molar-refractivity contribution in [2.45, 2.75) is 69.9 Å². The number of aryl methyl sites for hydroxylation is 1. The number of fused-ring (bicyclic) bond motifs is 1. The number of carbonyl (C=O) groups excluding carboxylic acids is 2. The smallest absolute Gasteiger partial charge is 0.211 e. The molecule has 2 aromatic rings. The second-order valence-electron chi connectivity index (χ2n) is 11.7. The molecule has 2 N–H and O–H groups in total. The highest BCUT2D eigenvalue weighted by Crippen LogP contribution is 2.56. The third-order valence-corrected chi connectivity index (χ3v) is 9.39. The summed E-state index contributed by atoms with van der Waals surface area (Å²) in [5, 5.41) is 15.9. The Hall–Kier alpha value is -3.22. The number of allylic oxidation sites excluding steroid dienone is 3. The van der Waals surface area contributed by atoms with Crippen LogP contribution in [0.2, 0.25) is 0 Å². The maximum Gasteiger partial charge on any atom is 0.211 e. The minimum absolute atomic E-state index is 0.0620. The van der Waals surface area contributed by atoms with Gasteiger partial charge in [0.05, 0.1) is 12.7 Å². The van der Waals surface area contributed by atoms with Gasteiger partial charge in [-0.2, -0.15) is 0 Å². The van der Waals surface area contributed by atoms with Crippen LogP contribution >= 0.6 is 0 Å². The van der Waals surface area contributed by atoms with Crippen molar-refractivity contribution in [2.75, 3.05) is 20.2 Å². The predicted molar refractivity (Wildman–Crippen MR) is 153 cm³/mol. The van der Waals surface area contributed by atoms with Crippen molar-refractivity contribution in [3.63, 3.8) is 0 Å². The minimum Gasteiger partial charge on any atom is -0.497 e. The van der Waals surface area contributed by atoms with E-state index in [0.717, 1.165) is 47.7 Å². The summed E-state index contributed by atoms with van der Waals surface area (Å²) in [6.45, 7) is 7.91. The number of aliphatic hydroxyl groups is 1. The molecule has 2 aromatic carbocycles. The normalized spacial score (nSPS) is 27.6. The molecule has 6 heteroatoms. The van der Waals surface area contributed by atoms with E-state index in [1.165, 1.54) is 12.8 Å². The van der Waals surface area contributed by atoms with Gasteiger partial charge in [0.2, 0.25) is 6.41 Å². The highest BCUT2D eigenvalue weighted by atomic mass is 16.5. The highest BCUT2D eigenvalue weighted by molar-refractivity contribution is 6.08. The molecule has 0 bridgehead atoms. The van der Waals surface area contributed by atoms with Crippen LogP contribution in [0, 0.1) is 12.8 Å². The Morgan fingerprint density at radius 3 is 2.59 bits per heavy atom. The molecule has 0 spiro atoms. The molecule has 2 fully saturated rings. The number of benzene rings is 2. The second-order valence-corrected chi connectivity index (χ2v) is 11.7. The zero-order valence-electron chi connectivity index (χ0n) is 23.5. The quantitative estimate of drug-likeness (QED) is 0.269. The predicted octanol–water partition coefficient (Wildman–Crippen LogP) is 5.10. The molecule has 6 nitrogen and oxygen atoms in total. The monoisotopic (exact) mass is 528 g/mol. The number of carbonyl (C=O) groups is 2. The first-order valence-corrected chi connectivity index (χ1v) is 14.0. The van der Waals surface area contributed by atoms with E-state index in [2.05, 4.69) is 36.2 Å². The first-order valence-electron chi connectivity index (χ1n) is 14.0. The molecule has 2 aliphatic carbocycles. The summed E-state index contributed by atoms with van der Waals surface area (Å²) in [6.07, 6.45) is 6.65. The summed E-state index contributed by atoms with van der Waals surface area (Å²) < 4.78 is 5.61. The van der Waals surface area contributed by atoms with Crippen LogP contribution in [0.4, 0.5) is 0 Å². The van der Waals surface area contributed by atoms with Gasteiger partial charge in [-0.05, 0) is 86.9 Å². The number of nitrogens with zero attached hydrogens (tertiary/aromatic N) is 1. The Morgan fingerprint density at radius 2 is 1.92 bits per heavy atom. The van der Waals surface area contributed by atoms with E-state index in [4.69, 9.17) is 4.74 Å². The Labute approximate surface area is 231 Å². The highest BCUT2D eigenvalue weighted by Gasteiger charge is 2.61. The Kier molecular flexibility index (Phi) is 7.53. The summed E-state index contributed by atoms with van der Waals surface area (Å²) in [6, 6.07) is 15.2. The molecule has 1 saturated carbocycles. The average molecular weight is 529 g/mol. The van der Waals surface area contributed by atoms with Gasteiger partial charge in [-0.15, -0.1) is 0 Å². The summed E-state index contributed by atoms with van der Waals surface area (Å²) in [5.41, 5.74) is 3.19. The summed E-state index contributed by atoms with van der Waals surface area (Å²) in [4.78, 5) is 27.5. The van der Waals surface area contributed by atoms with Gasteiger partial charge in [0.1, 0.15) is 5.75 Å². The van der Waals surface area contributed by atoms with E-state index in [1.807, 2.05) is 49.4 Å². The van der Waals surface area contributed by atoms with Gasteiger partial charge in [-0.3, -0.25) is 14.5 Å². The summed E-state index contributed by atoms with van der Waals surface area (Å²) in [5.74, 6) is 1.40. The van der Waals surface area contributed by atoms with Gasteiger partial charge in [0.25, 0.3) is 0 Å². The van der Waals surface area contributed by atoms with E-state index < -0.39 is 11.0 Å². The summed E-state index contributed by atoms with van der Waals surface area (Å²) >= 11 is 0. The average Bonchev–Trinajstić information content (AvgIpc) is 3.76. The molecular weight excluding hydrogens is 488 g/mol. The molecule has 5 rings (SSSR count). The van der Waals surface area contributed by atoms with E-state index in [-0.39, 0.29) is 11.8 Å². The number of amides is 1. The minimum atomic E-state index is -1.12. The molecule has 3 aliphatic rings. The van der Waals surface area contributed by atoms with Crippen LogP contribution in [0.25, 0.3) is 0 Å². The number of piperidine rings is 1. The van der Waals surface area contributed by atoms with Crippen molar-refractivity contribution < 1.29 is 19.4 Å². The lowest BCUT2D eigenvalue weighted by Gasteiger charge is -2.60. The van der Waals surface area contributed by atoms with E-state index in [0.29, 0.717) is 36.3 Å². The van der Waals surface area contributed by atoms with Crippen molar-refractivity contribution in [1.82, 2.24) is 10.2 Å². The van der Waals surface area contributed by atoms with Crippen molar-refractivity contribution in [3.05, 3.63) is 88.1 Å². The molecule has 1 heterocycles. The number of methoxy groups -OCH3 is 1. The van der Waals surface area contributed by atoms with Crippen LogP contribution in [0.1, 0.15) is 67.4 Å². The van der Waals surface area contributed by atoms with Crippen LogP contribution in [-0.4, -0.2) is 54.0 Å². The molecule has 39 heavy (non-hydrogen) atoms. The number of nitrogens with one attached hydrogen (secondary N) is 1. The van der Waals surface area contributed by atoms with Crippen molar-refractivity contribution >= 4 is 12.2 Å². The van der Waals surface area contributed by atoms with Gasteiger partial charge in [-0.25, -0.2) is 0 Å². The fourth-order valence-electron chi connectivity index (χ4n) is 6.90. The van der Waals surface area contributed by atoms with Gasteiger partial charge in [0, 0.05) is 42.1 Å². The lowest BCUT2D eigenvalue weighted by molar-refractivity contribution is -0.139. The largest absolute Gasteiger partial charge is 0.497 e. The van der Waals surface area contributed by atoms with Gasteiger partial charge in [0.15, 0.2) is 5.78 Å². The Bertz CT molecular complexity index is 1310. The van der Waals surface area contributed by atoms with E-state index in [1.54, 1.807) is 7.11 Å². The summed E-state index contributed by atoms with van der Waals surface area (Å²) in [7, 11) is 1.66. The number of hydrogen-bond donors (Lipinski definition) is 2. The van der Waals surface area contributed by atoms with Gasteiger partial charge < -0.3 is 15.2 Å². The molecule has 3 atom stereocenters. The van der Waals surface area contributed by atoms with Gasteiger partial charge >= 0.3 is 0 Å². The van der Waals surface area contributed by atoms with Crippen molar-refractivity contribution in [3.8, 4) is 5.75 Å². The Balaban J connectivity index is 1.63. The topological polar surface area (TPSA) is 78.9 Å². The maximum absolute atomic E-state index is 13.2. The van der Waals surface area contributed by atoms with Crippen LogP contribution < -0.4 is 10.1 Å². The fourth-order valence-corrected chi connectivity index (χ4v) is 6.90. The number of ether oxygens (including phenoxy) is 1. The van der Waals surface area contributed by atoms with E-state index in [9.17, 15) is 14.7 Å². The Morgan fingerprint density at radius 1 is 1.18 bits per heavy atom. The fraction of sp³-hybridized carbons (Fsp3) is 0.455. The molecule has 206 valence electrons. The SMILES string of the molecule is COc1ccc(C)c([C@@]23CCN(CC4CC4)C(C)C2(O)CC(/C=C(\C)C(=O)c2ccccc2)=C(NC=O)C3)c1. The van der Waals surface area contributed by atoms with Crippen LogP contribution in [0.5, 0.6) is 5.75 Å². The first-order chi connectivity index (χ1) is 18.7. The molecule has 1 amide bonds. The lowest BCUT2D eigenvalue weighted by atomic mass is 9.53. The van der Waals surface area contributed by atoms with Gasteiger partial charge in [-0.1, -0.05) is 42.5 Å². The third-order valence-electron chi connectivity index (χ3n) is 9.39. The molecule has 0 aromatic heterocycles. The zero-order chi connectivity index (χ0) is 27.8. The number of ketones is 1. The van der Waals surface area contributed by atoms with Crippen LogP contribution in [0.15, 0.2) is 71.5 Å². The van der Waals surface area contributed by atoms with Crippen LogP contribution in [-0.2, 0) is 10.2 Å².